The molecule has 1 fully saturated rings. The Morgan fingerprint density at radius 1 is 1.12 bits per heavy atom. The van der Waals surface area contributed by atoms with Crippen LogP contribution < -0.4 is 5.32 Å². The molecule has 0 radical (unpaired) electrons. The van der Waals surface area contributed by atoms with Crippen molar-refractivity contribution in [3.05, 3.63) is 65.7 Å². The van der Waals surface area contributed by atoms with Gasteiger partial charge < -0.3 is 10.1 Å². The van der Waals surface area contributed by atoms with Gasteiger partial charge in [-0.2, -0.15) is 0 Å². The van der Waals surface area contributed by atoms with Gasteiger partial charge in [0.1, 0.15) is 16.7 Å². The maximum Gasteiger partial charge on any atom is 0.233 e. The summed E-state index contributed by atoms with van der Waals surface area (Å²) in [5.74, 6) is 0.365. The molecule has 1 aliphatic rings. The Morgan fingerprint density at radius 3 is 2.59 bits per heavy atom. The number of halogens is 1. The van der Waals surface area contributed by atoms with Gasteiger partial charge in [-0.05, 0) is 37.6 Å². The molecule has 0 saturated carbocycles. The molecule has 6 nitrogen and oxygen atoms in total. The third-order valence-corrected chi connectivity index (χ3v) is 6.57. The van der Waals surface area contributed by atoms with E-state index in [0.717, 1.165) is 53.6 Å². The van der Waals surface area contributed by atoms with Crippen LogP contribution in [0.15, 0.2) is 53.6 Å². The molecule has 4 rings (SSSR count). The molecule has 0 unspecified atom stereocenters. The number of hydrogen-bond acceptors (Lipinski definition) is 6. The van der Waals surface area contributed by atoms with Crippen LogP contribution in [0.2, 0.25) is 0 Å². The van der Waals surface area contributed by atoms with E-state index in [9.17, 15) is 9.18 Å². The lowest BCUT2D eigenvalue weighted by Gasteiger charge is -2.26. The molecule has 168 valence electrons. The Labute approximate surface area is 191 Å². The van der Waals surface area contributed by atoms with Gasteiger partial charge in [0, 0.05) is 18.5 Å². The monoisotopic (exact) mass is 454 g/mol. The van der Waals surface area contributed by atoms with Crippen molar-refractivity contribution in [2.75, 3.05) is 26.3 Å². The van der Waals surface area contributed by atoms with Crippen molar-refractivity contribution in [2.45, 2.75) is 36.7 Å². The summed E-state index contributed by atoms with van der Waals surface area (Å²) < 4.78 is 18.6. The molecule has 0 aliphatic carbocycles. The van der Waals surface area contributed by atoms with E-state index in [4.69, 9.17) is 14.7 Å². The smallest absolute Gasteiger partial charge is 0.233 e. The SMILES string of the molecule is C[C@@H](Sc1nc(CN2CCOCC2)nc2ccccc12)C(=O)N[C@H](C)c1ccc(F)cc1. The summed E-state index contributed by atoms with van der Waals surface area (Å²) in [6.07, 6.45) is 0. The largest absolute Gasteiger partial charge is 0.379 e. The molecule has 2 heterocycles. The van der Waals surface area contributed by atoms with Crippen LogP contribution >= 0.6 is 11.8 Å². The van der Waals surface area contributed by atoms with Crippen LogP contribution in [0.1, 0.15) is 31.3 Å². The van der Waals surface area contributed by atoms with E-state index in [0.29, 0.717) is 6.54 Å². The number of benzene rings is 2. The lowest BCUT2D eigenvalue weighted by molar-refractivity contribution is -0.120. The van der Waals surface area contributed by atoms with Crippen LogP contribution in [0.3, 0.4) is 0 Å². The molecule has 2 atom stereocenters. The average Bonchev–Trinajstić information content (AvgIpc) is 2.80. The number of amides is 1. The number of rotatable bonds is 7. The van der Waals surface area contributed by atoms with Crippen molar-refractivity contribution in [1.29, 1.82) is 0 Å². The van der Waals surface area contributed by atoms with E-state index in [1.165, 1.54) is 23.9 Å². The maximum atomic E-state index is 13.2. The van der Waals surface area contributed by atoms with Crippen molar-refractivity contribution in [3.63, 3.8) is 0 Å². The molecule has 1 saturated heterocycles. The molecule has 32 heavy (non-hydrogen) atoms. The van der Waals surface area contributed by atoms with E-state index in [1.807, 2.05) is 38.1 Å². The molecular weight excluding hydrogens is 427 g/mol. The van der Waals surface area contributed by atoms with Crippen LogP contribution in [0.4, 0.5) is 4.39 Å². The van der Waals surface area contributed by atoms with Gasteiger partial charge in [-0.15, -0.1) is 0 Å². The Morgan fingerprint density at radius 2 is 1.84 bits per heavy atom. The molecule has 3 aromatic rings. The standard InChI is InChI=1S/C24H27FN4O2S/c1-16(18-7-9-19(25)10-8-18)26-23(30)17(2)32-24-20-5-3-4-6-21(20)27-22(28-24)15-29-11-13-31-14-12-29/h3-10,16-17H,11-15H2,1-2H3,(H,26,30)/t16-,17-/m1/s1. The number of ether oxygens (including phenoxy) is 1. The van der Waals surface area contributed by atoms with Gasteiger partial charge in [0.25, 0.3) is 0 Å². The van der Waals surface area contributed by atoms with Crippen molar-refractivity contribution >= 4 is 28.6 Å². The zero-order chi connectivity index (χ0) is 22.5. The molecule has 2 aromatic carbocycles. The Kier molecular flexibility index (Phi) is 7.34. The molecule has 8 heteroatoms. The van der Waals surface area contributed by atoms with Crippen LogP contribution in [-0.4, -0.2) is 52.3 Å². The van der Waals surface area contributed by atoms with Gasteiger partial charge >= 0.3 is 0 Å². The number of thioether (sulfide) groups is 1. The molecule has 1 aliphatic heterocycles. The van der Waals surface area contributed by atoms with Crippen LogP contribution in [0.5, 0.6) is 0 Å². The van der Waals surface area contributed by atoms with Gasteiger partial charge in [0.15, 0.2) is 0 Å². The predicted molar refractivity (Wildman–Crippen MR) is 124 cm³/mol. The zero-order valence-electron chi connectivity index (χ0n) is 18.3. The summed E-state index contributed by atoms with van der Waals surface area (Å²) in [5, 5.41) is 4.40. The number of nitrogens with one attached hydrogen (secondary N) is 1. The molecule has 1 N–H and O–H groups in total. The highest BCUT2D eigenvalue weighted by Crippen LogP contribution is 2.29. The van der Waals surface area contributed by atoms with E-state index >= 15 is 0 Å². The highest BCUT2D eigenvalue weighted by atomic mass is 32.2. The van der Waals surface area contributed by atoms with Gasteiger partial charge in [-0.3, -0.25) is 9.69 Å². The highest BCUT2D eigenvalue weighted by Gasteiger charge is 2.21. The Hall–Kier alpha value is -2.55. The van der Waals surface area contributed by atoms with Gasteiger partial charge in [-0.25, -0.2) is 14.4 Å². The Bertz CT molecular complexity index is 1070. The minimum atomic E-state index is -0.354. The third kappa shape index (κ3) is 5.62. The first-order valence-electron chi connectivity index (χ1n) is 10.8. The van der Waals surface area contributed by atoms with Crippen LogP contribution in [0.25, 0.3) is 10.9 Å². The average molecular weight is 455 g/mol. The number of hydrogen-bond donors (Lipinski definition) is 1. The second-order valence-electron chi connectivity index (χ2n) is 7.89. The van der Waals surface area contributed by atoms with E-state index in [1.54, 1.807) is 12.1 Å². The first-order valence-corrected chi connectivity index (χ1v) is 11.7. The van der Waals surface area contributed by atoms with Crippen LogP contribution in [-0.2, 0) is 16.1 Å². The minimum absolute atomic E-state index is 0.0933. The number of para-hydroxylation sites is 1. The number of morpholine rings is 1. The summed E-state index contributed by atoms with van der Waals surface area (Å²) in [6.45, 7) is 7.58. The van der Waals surface area contributed by atoms with Gasteiger partial charge in [0.2, 0.25) is 5.91 Å². The van der Waals surface area contributed by atoms with Crippen molar-refractivity contribution < 1.29 is 13.9 Å². The van der Waals surface area contributed by atoms with Crippen LogP contribution in [0, 0.1) is 5.82 Å². The van der Waals surface area contributed by atoms with Crippen molar-refractivity contribution in [1.82, 2.24) is 20.2 Å². The Balaban J connectivity index is 1.49. The van der Waals surface area contributed by atoms with E-state index < -0.39 is 0 Å². The zero-order valence-corrected chi connectivity index (χ0v) is 19.1. The van der Waals surface area contributed by atoms with E-state index in [-0.39, 0.29) is 23.0 Å². The number of fused-ring (bicyclic) bond motifs is 1. The summed E-state index contributed by atoms with van der Waals surface area (Å²) >= 11 is 1.43. The lowest BCUT2D eigenvalue weighted by atomic mass is 10.1. The van der Waals surface area contributed by atoms with Crippen molar-refractivity contribution in [2.24, 2.45) is 0 Å². The fourth-order valence-electron chi connectivity index (χ4n) is 3.60. The quantitative estimate of drug-likeness (QED) is 0.431. The number of carbonyl (C=O) groups is 1. The summed E-state index contributed by atoms with van der Waals surface area (Å²) in [7, 11) is 0. The normalized spacial score (nSPS) is 16.6. The third-order valence-electron chi connectivity index (χ3n) is 5.47. The molecular formula is C24H27FN4O2S. The molecule has 0 bridgehead atoms. The molecule has 1 amide bonds. The summed E-state index contributed by atoms with van der Waals surface area (Å²) in [5.41, 5.74) is 1.73. The molecule has 1 aromatic heterocycles. The lowest BCUT2D eigenvalue weighted by Crippen LogP contribution is -2.36. The first-order chi connectivity index (χ1) is 15.5. The molecule has 0 spiro atoms. The second kappa shape index (κ2) is 10.4. The highest BCUT2D eigenvalue weighted by molar-refractivity contribution is 8.00. The van der Waals surface area contributed by atoms with E-state index in [2.05, 4.69) is 10.2 Å². The topological polar surface area (TPSA) is 67.3 Å². The number of aromatic nitrogens is 2. The number of nitrogens with zero attached hydrogens (tertiary/aromatic N) is 3. The van der Waals surface area contributed by atoms with Gasteiger partial charge in [0.05, 0.1) is 36.6 Å². The summed E-state index contributed by atoms with van der Waals surface area (Å²) in [4.78, 5) is 24.7. The van der Waals surface area contributed by atoms with Crippen molar-refractivity contribution in [3.8, 4) is 0 Å². The second-order valence-corrected chi connectivity index (χ2v) is 9.22. The maximum absolute atomic E-state index is 13.2. The predicted octanol–water partition coefficient (Wildman–Crippen LogP) is 3.96. The minimum Gasteiger partial charge on any atom is -0.379 e. The first kappa shape index (κ1) is 22.6. The van der Waals surface area contributed by atoms with Gasteiger partial charge in [-0.1, -0.05) is 42.1 Å². The number of carbonyl (C=O) groups excluding carboxylic acids is 1. The fraction of sp³-hybridized carbons (Fsp3) is 0.375. The fourth-order valence-corrected chi connectivity index (χ4v) is 4.57. The summed E-state index contributed by atoms with van der Waals surface area (Å²) in [6, 6.07) is 13.8.